The first kappa shape index (κ1) is 23.6. The van der Waals surface area contributed by atoms with Gasteiger partial charge in [-0.2, -0.15) is 0 Å². The first-order chi connectivity index (χ1) is 14.8. The number of nitrogens with zero attached hydrogens (tertiary/aromatic N) is 3. The molecule has 0 radical (unpaired) electrons. The number of guanidine groups is 1. The van der Waals surface area contributed by atoms with Crippen molar-refractivity contribution in [3.05, 3.63) is 59.2 Å². The molecule has 0 bridgehead atoms. The number of ether oxygens (including phenoxy) is 3. The maximum Gasteiger partial charge on any atom is 0.231 e. The molecule has 1 saturated heterocycles. The van der Waals surface area contributed by atoms with Gasteiger partial charge in [-0.1, -0.05) is 30.3 Å². The summed E-state index contributed by atoms with van der Waals surface area (Å²) in [4.78, 5) is 9.30. The minimum Gasteiger partial charge on any atom is -0.454 e. The van der Waals surface area contributed by atoms with Gasteiger partial charge in [0.15, 0.2) is 17.5 Å². The molecule has 4 rings (SSSR count). The van der Waals surface area contributed by atoms with E-state index < -0.39 is 0 Å². The van der Waals surface area contributed by atoms with E-state index in [9.17, 15) is 0 Å². The van der Waals surface area contributed by atoms with Crippen LogP contribution in [-0.4, -0.2) is 62.9 Å². The predicted molar refractivity (Wildman–Crippen MR) is 132 cm³/mol. The maximum absolute atomic E-state index is 5.50. The van der Waals surface area contributed by atoms with E-state index in [1.165, 1.54) is 16.7 Å². The molecular formula is C23H31IN4O3. The van der Waals surface area contributed by atoms with Crippen LogP contribution in [0.5, 0.6) is 11.5 Å². The van der Waals surface area contributed by atoms with E-state index in [2.05, 4.69) is 50.4 Å². The number of halogens is 1. The Labute approximate surface area is 201 Å². The van der Waals surface area contributed by atoms with Crippen LogP contribution < -0.4 is 14.8 Å². The summed E-state index contributed by atoms with van der Waals surface area (Å²) >= 11 is 0. The average molecular weight is 538 g/mol. The molecule has 0 atom stereocenters. The van der Waals surface area contributed by atoms with Gasteiger partial charge in [0.2, 0.25) is 6.79 Å². The summed E-state index contributed by atoms with van der Waals surface area (Å²) in [7, 11) is 3.58. The Balaban J connectivity index is 0.00000272. The van der Waals surface area contributed by atoms with E-state index in [0.717, 1.165) is 56.7 Å². The van der Waals surface area contributed by atoms with Crippen molar-refractivity contribution in [2.24, 2.45) is 4.99 Å². The van der Waals surface area contributed by atoms with Gasteiger partial charge in [0.1, 0.15) is 0 Å². The molecule has 7 nitrogen and oxygen atoms in total. The monoisotopic (exact) mass is 538 g/mol. The number of aliphatic imine (C=N–C) groups is 1. The molecule has 1 N–H and O–H groups in total. The summed E-state index contributed by atoms with van der Waals surface area (Å²) in [5, 5.41) is 3.52. The van der Waals surface area contributed by atoms with Crippen molar-refractivity contribution in [3.8, 4) is 11.5 Å². The highest BCUT2D eigenvalue weighted by Gasteiger charge is 2.21. The van der Waals surface area contributed by atoms with Crippen LogP contribution in [0, 0.1) is 0 Å². The van der Waals surface area contributed by atoms with E-state index in [-0.39, 0.29) is 24.0 Å². The largest absolute Gasteiger partial charge is 0.454 e. The fraction of sp³-hybridized carbons (Fsp3) is 0.435. The number of nitrogens with one attached hydrogen (secondary N) is 1. The Morgan fingerprint density at radius 1 is 1.03 bits per heavy atom. The van der Waals surface area contributed by atoms with Crippen LogP contribution in [0.3, 0.4) is 0 Å². The Hall–Kier alpha value is -2.04. The summed E-state index contributed by atoms with van der Waals surface area (Å²) in [6, 6.07) is 14.6. The van der Waals surface area contributed by atoms with Gasteiger partial charge < -0.3 is 24.4 Å². The average Bonchev–Trinajstić information content (AvgIpc) is 3.24. The summed E-state index contributed by atoms with van der Waals surface area (Å²) in [5.74, 6) is 2.64. The van der Waals surface area contributed by atoms with E-state index in [0.29, 0.717) is 13.4 Å². The van der Waals surface area contributed by atoms with Gasteiger partial charge in [0.25, 0.3) is 0 Å². The van der Waals surface area contributed by atoms with Gasteiger partial charge in [-0.3, -0.25) is 9.89 Å². The quantitative estimate of drug-likeness (QED) is 0.347. The minimum absolute atomic E-state index is 0. The lowest BCUT2D eigenvalue weighted by atomic mass is 10.1. The third-order valence-electron chi connectivity index (χ3n) is 5.58. The predicted octanol–water partition coefficient (Wildman–Crippen LogP) is 3.07. The Bertz CT molecular complexity index is 885. The van der Waals surface area contributed by atoms with E-state index in [1.807, 2.05) is 19.2 Å². The van der Waals surface area contributed by atoms with Crippen LogP contribution in [0.1, 0.15) is 16.7 Å². The second kappa shape index (κ2) is 11.5. The number of hydrogen-bond donors (Lipinski definition) is 1. The third kappa shape index (κ3) is 6.02. The molecule has 2 heterocycles. The molecule has 168 valence electrons. The zero-order valence-electron chi connectivity index (χ0n) is 18.2. The van der Waals surface area contributed by atoms with Crippen LogP contribution in [-0.2, 0) is 24.4 Å². The second-order valence-corrected chi connectivity index (χ2v) is 7.55. The fourth-order valence-corrected chi connectivity index (χ4v) is 3.95. The fourth-order valence-electron chi connectivity index (χ4n) is 3.95. The number of fused-ring (bicyclic) bond motifs is 1. The van der Waals surface area contributed by atoms with Crippen LogP contribution in [0.2, 0.25) is 0 Å². The molecule has 2 aromatic rings. The van der Waals surface area contributed by atoms with Crippen molar-refractivity contribution in [1.82, 2.24) is 15.1 Å². The lowest BCUT2D eigenvalue weighted by Gasteiger charge is -2.36. The molecule has 1 fully saturated rings. The summed E-state index contributed by atoms with van der Waals surface area (Å²) in [5.41, 5.74) is 3.70. The minimum atomic E-state index is 0. The van der Waals surface area contributed by atoms with Gasteiger partial charge in [-0.25, -0.2) is 0 Å². The maximum atomic E-state index is 5.50. The van der Waals surface area contributed by atoms with Gasteiger partial charge in [-0.15, -0.1) is 24.0 Å². The first-order valence-corrected chi connectivity index (χ1v) is 10.4. The van der Waals surface area contributed by atoms with Gasteiger partial charge in [0, 0.05) is 53.4 Å². The lowest BCUT2D eigenvalue weighted by molar-refractivity contribution is 0.171. The van der Waals surface area contributed by atoms with Crippen molar-refractivity contribution in [1.29, 1.82) is 0 Å². The SMILES string of the molecule is CN=C(NCc1ccccc1COC)N1CCN(Cc2ccc3c(c2)OCO3)CC1.I. The van der Waals surface area contributed by atoms with Crippen molar-refractivity contribution < 1.29 is 14.2 Å². The summed E-state index contributed by atoms with van der Waals surface area (Å²) in [6.45, 7) is 6.48. The summed E-state index contributed by atoms with van der Waals surface area (Å²) in [6.07, 6.45) is 0. The van der Waals surface area contributed by atoms with Crippen LogP contribution >= 0.6 is 24.0 Å². The van der Waals surface area contributed by atoms with Crippen molar-refractivity contribution in [3.63, 3.8) is 0 Å². The highest BCUT2D eigenvalue weighted by molar-refractivity contribution is 14.0. The molecule has 0 amide bonds. The number of hydrogen-bond acceptors (Lipinski definition) is 5. The van der Waals surface area contributed by atoms with Gasteiger partial charge in [-0.05, 0) is 28.8 Å². The Morgan fingerprint density at radius 3 is 2.52 bits per heavy atom. The standard InChI is InChI=1S/C23H30N4O3.HI/c1-24-23(25-14-19-5-3-4-6-20(19)16-28-2)27-11-9-26(10-12-27)15-18-7-8-21-22(13-18)30-17-29-21;/h3-8,13H,9-12,14-17H2,1-2H3,(H,24,25);1H. The van der Waals surface area contributed by atoms with Crippen molar-refractivity contribution in [2.75, 3.05) is 47.1 Å². The van der Waals surface area contributed by atoms with E-state index >= 15 is 0 Å². The first-order valence-electron chi connectivity index (χ1n) is 10.4. The number of piperazine rings is 1. The normalized spacial score (nSPS) is 16.2. The molecule has 2 aliphatic rings. The van der Waals surface area contributed by atoms with E-state index in [1.54, 1.807) is 7.11 Å². The molecule has 0 aliphatic carbocycles. The van der Waals surface area contributed by atoms with Crippen molar-refractivity contribution >= 4 is 29.9 Å². The number of rotatable bonds is 6. The summed E-state index contributed by atoms with van der Waals surface area (Å²) < 4.78 is 16.2. The molecule has 31 heavy (non-hydrogen) atoms. The molecule has 2 aromatic carbocycles. The van der Waals surface area contributed by atoms with E-state index in [4.69, 9.17) is 14.2 Å². The zero-order chi connectivity index (χ0) is 20.8. The van der Waals surface area contributed by atoms with Gasteiger partial charge >= 0.3 is 0 Å². The number of methoxy groups -OCH3 is 1. The molecule has 0 unspecified atom stereocenters. The van der Waals surface area contributed by atoms with Crippen molar-refractivity contribution in [2.45, 2.75) is 19.7 Å². The zero-order valence-corrected chi connectivity index (χ0v) is 20.5. The highest BCUT2D eigenvalue weighted by atomic mass is 127. The van der Waals surface area contributed by atoms with Crippen LogP contribution in [0.25, 0.3) is 0 Å². The molecule has 0 saturated carbocycles. The lowest BCUT2D eigenvalue weighted by Crippen LogP contribution is -2.52. The molecule has 0 spiro atoms. The van der Waals surface area contributed by atoms with Crippen LogP contribution in [0.4, 0.5) is 0 Å². The molecule has 0 aromatic heterocycles. The third-order valence-corrected chi connectivity index (χ3v) is 5.58. The smallest absolute Gasteiger partial charge is 0.231 e. The molecule has 8 heteroatoms. The Morgan fingerprint density at radius 2 is 1.77 bits per heavy atom. The van der Waals surface area contributed by atoms with Gasteiger partial charge in [0.05, 0.1) is 6.61 Å². The second-order valence-electron chi connectivity index (χ2n) is 7.55. The highest BCUT2D eigenvalue weighted by Crippen LogP contribution is 2.32. The molecule has 2 aliphatic heterocycles. The molecular weight excluding hydrogens is 507 g/mol. The topological polar surface area (TPSA) is 58.6 Å². The number of benzene rings is 2. The van der Waals surface area contributed by atoms with Crippen LogP contribution in [0.15, 0.2) is 47.5 Å². The Kier molecular flexibility index (Phi) is 8.79.